The molecule has 0 bridgehead atoms. The molecule has 0 atom stereocenters. The van der Waals surface area contributed by atoms with Crippen molar-refractivity contribution >= 4 is 0 Å². The molecule has 3 N–H and O–H groups in total. The lowest BCUT2D eigenvalue weighted by atomic mass is 10.4. The van der Waals surface area contributed by atoms with Crippen molar-refractivity contribution in [2.45, 2.75) is 6.54 Å². The van der Waals surface area contributed by atoms with E-state index in [0.717, 1.165) is 13.2 Å². The predicted octanol–water partition coefficient (Wildman–Crippen LogP) is 0.281. The van der Waals surface area contributed by atoms with Crippen LogP contribution < -0.4 is 10.6 Å². The molecule has 0 saturated carbocycles. The average molecular weight is 139 g/mol. The monoisotopic (exact) mass is 139 g/mol. The lowest BCUT2D eigenvalue weighted by Gasteiger charge is -1.99. The van der Waals surface area contributed by atoms with E-state index < -0.39 is 0 Å². The van der Waals surface area contributed by atoms with Crippen LogP contribution in [0.25, 0.3) is 0 Å². The van der Waals surface area contributed by atoms with Gasteiger partial charge in [0.15, 0.2) is 0 Å². The van der Waals surface area contributed by atoms with Crippen molar-refractivity contribution < 1.29 is 0 Å². The maximum absolute atomic E-state index is 3.20. The minimum absolute atomic E-state index is 0.846. The maximum Gasteiger partial charge on any atom is 0.0454 e. The van der Waals surface area contributed by atoms with Crippen LogP contribution in [0.4, 0.5) is 0 Å². The largest absolute Gasteiger partial charge is 0.364 e. The Morgan fingerprint density at radius 1 is 1.60 bits per heavy atom. The first-order valence-electron chi connectivity index (χ1n) is 3.41. The maximum atomic E-state index is 3.20. The molecule has 3 heteroatoms. The summed E-state index contributed by atoms with van der Waals surface area (Å²) >= 11 is 0. The molecule has 3 nitrogen and oxygen atoms in total. The van der Waals surface area contributed by atoms with E-state index in [1.54, 1.807) is 0 Å². The smallest absolute Gasteiger partial charge is 0.0454 e. The molecule has 0 fully saturated rings. The standard InChI is InChI=1S/C7H13N3/c1-8-6-9-5-7-3-2-4-10-7/h2-4,8-10H,5-6H2,1H3. The zero-order valence-electron chi connectivity index (χ0n) is 6.15. The van der Waals surface area contributed by atoms with Gasteiger partial charge < -0.3 is 10.3 Å². The van der Waals surface area contributed by atoms with Crippen LogP contribution >= 0.6 is 0 Å². The van der Waals surface area contributed by atoms with Gasteiger partial charge in [-0.25, -0.2) is 0 Å². The topological polar surface area (TPSA) is 39.8 Å². The van der Waals surface area contributed by atoms with E-state index in [9.17, 15) is 0 Å². The second kappa shape index (κ2) is 4.09. The van der Waals surface area contributed by atoms with Crippen molar-refractivity contribution in [1.82, 2.24) is 15.6 Å². The average Bonchev–Trinajstić information content (AvgIpc) is 2.41. The predicted molar refractivity (Wildman–Crippen MR) is 41.6 cm³/mol. The lowest BCUT2D eigenvalue weighted by Crippen LogP contribution is -2.25. The van der Waals surface area contributed by atoms with E-state index in [4.69, 9.17) is 0 Å². The van der Waals surface area contributed by atoms with Crippen molar-refractivity contribution in [3.63, 3.8) is 0 Å². The number of hydrogen-bond acceptors (Lipinski definition) is 2. The van der Waals surface area contributed by atoms with Crippen molar-refractivity contribution in [2.24, 2.45) is 0 Å². The number of rotatable bonds is 4. The number of hydrogen-bond donors (Lipinski definition) is 3. The Bertz CT molecular complexity index is 157. The first-order chi connectivity index (χ1) is 4.93. The zero-order valence-corrected chi connectivity index (χ0v) is 6.15. The molecular formula is C7H13N3. The summed E-state index contributed by atoms with van der Waals surface area (Å²) in [5.74, 6) is 0. The molecule has 56 valence electrons. The fourth-order valence-corrected chi connectivity index (χ4v) is 0.800. The van der Waals surface area contributed by atoms with Crippen LogP contribution in [0.15, 0.2) is 18.3 Å². The van der Waals surface area contributed by atoms with Crippen LogP contribution in [0, 0.1) is 0 Å². The van der Waals surface area contributed by atoms with Crippen LogP contribution in [0.2, 0.25) is 0 Å². The third kappa shape index (κ3) is 2.21. The summed E-state index contributed by atoms with van der Waals surface area (Å²) in [6.45, 7) is 1.74. The molecule has 1 aromatic rings. The van der Waals surface area contributed by atoms with Gasteiger partial charge in [0.05, 0.1) is 0 Å². The molecular weight excluding hydrogens is 126 g/mol. The zero-order chi connectivity index (χ0) is 7.23. The highest BCUT2D eigenvalue weighted by molar-refractivity contribution is 5.02. The van der Waals surface area contributed by atoms with Gasteiger partial charge in [-0.15, -0.1) is 0 Å². The van der Waals surface area contributed by atoms with E-state index in [-0.39, 0.29) is 0 Å². The molecule has 0 saturated heterocycles. The third-order valence-corrected chi connectivity index (χ3v) is 1.28. The molecule has 1 heterocycles. The molecule has 1 aromatic heterocycles. The van der Waals surface area contributed by atoms with Gasteiger partial charge in [0.25, 0.3) is 0 Å². The van der Waals surface area contributed by atoms with Gasteiger partial charge in [0.2, 0.25) is 0 Å². The van der Waals surface area contributed by atoms with Crippen LogP contribution in [-0.2, 0) is 6.54 Å². The first kappa shape index (κ1) is 7.31. The summed E-state index contributed by atoms with van der Waals surface area (Å²) in [6.07, 6.45) is 1.93. The van der Waals surface area contributed by atoms with Gasteiger partial charge in [0.1, 0.15) is 0 Å². The lowest BCUT2D eigenvalue weighted by molar-refractivity contribution is 0.625. The van der Waals surface area contributed by atoms with E-state index in [1.807, 2.05) is 19.3 Å². The minimum Gasteiger partial charge on any atom is -0.364 e. The quantitative estimate of drug-likeness (QED) is 0.414. The van der Waals surface area contributed by atoms with E-state index in [0.29, 0.717) is 0 Å². The minimum atomic E-state index is 0.846. The second-order valence-corrected chi connectivity index (χ2v) is 2.15. The summed E-state index contributed by atoms with van der Waals surface area (Å²) in [4.78, 5) is 3.11. The number of aromatic amines is 1. The number of H-pyrrole nitrogens is 1. The van der Waals surface area contributed by atoms with Gasteiger partial charge in [-0.1, -0.05) is 0 Å². The first-order valence-corrected chi connectivity index (χ1v) is 3.41. The van der Waals surface area contributed by atoms with Crippen molar-refractivity contribution in [1.29, 1.82) is 0 Å². The second-order valence-electron chi connectivity index (χ2n) is 2.15. The summed E-state index contributed by atoms with van der Waals surface area (Å²) < 4.78 is 0. The molecule has 0 radical (unpaired) electrons. The molecule has 0 aliphatic carbocycles. The van der Waals surface area contributed by atoms with Crippen LogP contribution in [0.1, 0.15) is 5.69 Å². The highest BCUT2D eigenvalue weighted by atomic mass is 15.0. The summed E-state index contributed by atoms with van der Waals surface area (Å²) in [5, 5.41) is 6.20. The van der Waals surface area contributed by atoms with Crippen molar-refractivity contribution in [3.05, 3.63) is 24.0 Å². The Hall–Kier alpha value is -0.800. The molecule has 10 heavy (non-hydrogen) atoms. The van der Waals surface area contributed by atoms with Crippen LogP contribution in [-0.4, -0.2) is 18.7 Å². The number of aromatic nitrogens is 1. The fourth-order valence-electron chi connectivity index (χ4n) is 0.800. The van der Waals surface area contributed by atoms with E-state index >= 15 is 0 Å². The van der Waals surface area contributed by atoms with E-state index in [2.05, 4.69) is 21.7 Å². The van der Waals surface area contributed by atoms with Gasteiger partial charge >= 0.3 is 0 Å². The fraction of sp³-hybridized carbons (Fsp3) is 0.429. The highest BCUT2D eigenvalue weighted by Gasteiger charge is 1.88. The Labute approximate surface area is 60.8 Å². The third-order valence-electron chi connectivity index (χ3n) is 1.28. The number of nitrogens with one attached hydrogen (secondary N) is 3. The summed E-state index contributed by atoms with van der Waals surface area (Å²) in [5.41, 5.74) is 1.22. The normalized spacial score (nSPS) is 10.1. The molecule has 1 rings (SSSR count). The molecule has 0 aliphatic heterocycles. The van der Waals surface area contributed by atoms with Gasteiger partial charge in [-0.3, -0.25) is 5.32 Å². The van der Waals surface area contributed by atoms with Gasteiger partial charge in [-0.05, 0) is 19.2 Å². The Kier molecular flexibility index (Phi) is 2.99. The molecule has 0 amide bonds. The van der Waals surface area contributed by atoms with Gasteiger partial charge in [-0.2, -0.15) is 0 Å². The molecule has 0 aromatic carbocycles. The summed E-state index contributed by atoms with van der Waals surface area (Å²) in [7, 11) is 1.92. The highest BCUT2D eigenvalue weighted by Crippen LogP contribution is 1.91. The Morgan fingerprint density at radius 3 is 3.10 bits per heavy atom. The Morgan fingerprint density at radius 2 is 2.50 bits per heavy atom. The molecule has 0 spiro atoms. The summed E-state index contributed by atoms with van der Waals surface area (Å²) in [6, 6.07) is 4.05. The molecule has 0 unspecified atom stereocenters. The van der Waals surface area contributed by atoms with Crippen LogP contribution in [0.3, 0.4) is 0 Å². The van der Waals surface area contributed by atoms with Crippen molar-refractivity contribution in [2.75, 3.05) is 13.7 Å². The Balaban J connectivity index is 2.15. The van der Waals surface area contributed by atoms with E-state index in [1.165, 1.54) is 5.69 Å². The molecule has 0 aliphatic rings. The van der Waals surface area contributed by atoms with Gasteiger partial charge in [0, 0.05) is 25.1 Å². The SMILES string of the molecule is CNCNCc1ccc[nH]1. The van der Waals surface area contributed by atoms with Crippen LogP contribution in [0.5, 0.6) is 0 Å². The van der Waals surface area contributed by atoms with Crippen molar-refractivity contribution in [3.8, 4) is 0 Å².